The number of anilines is 1. The standard InChI is InChI=1S/C11H9BrN2S/c12-8-1-3-9(4-2-8)15-10-5-6-14-11(13)7-10/h1-7H,(H2,13,14). The summed E-state index contributed by atoms with van der Waals surface area (Å²) in [6.07, 6.45) is 1.72. The molecule has 0 bridgehead atoms. The van der Waals surface area contributed by atoms with Gasteiger partial charge in [-0.3, -0.25) is 0 Å². The van der Waals surface area contributed by atoms with Gasteiger partial charge in [-0.25, -0.2) is 4.98 Å². The van der Waals surface area contributed by atoms with Crippen molar-refractivity contribution in [3.05, 3.63) is 47.1 Å². The maximum atomic E-state index is 5.60. The SMILES string of the molecule is Nc1cc(Sc2ccc(Br)cc2)ccn1. The second-order valence-electron chi connectivity index (χ2n) is 2.97. The van der Waals surface area contributed by atoms with Gasteiger partial charge in [0, 0.05) is 20.5 Å². The van der Waals surface area contributed by atoms with Crippen molar-refractivity contribution in [1.82, 2.24) is 4.98 Å². The first-order valence-electron chi connectivity index (χ1n) is 4.39. The van der Waals surface area contributed by atoms with Crippen LogP contribution in [-0.4, -0.2) is 4.98 Å². The molecule has 2 rings (SSSR count). The maximum Gasteiger partial charge on any atom is 0.124 e. The van der Waals surface area contributed by atoms with Crippen LogP contribution >= 0.6 is 27.7 Å². The first-order valence-corrected chi connectivity index (χ1v) is 6.00. The highest BCUT2D eigenvalue weighted by atomic mass is 79.9. The van der Waals surface area contributed by atoms with Crippen molar-refractivity contribution in [1.29, 1.82) is 0 Å². The predicted octanol–water partition coefficient (Wildman–Crippen LogP) is 3.58. The third kappa shape index (κ3) is 2.97. The Bertz CT molecular complexity index is 456. The van der Waals surface area contributed by atoms with Crippen molar-refractivity contribution in [3.63, 3.8) is 0 Å². The molecule has 1 aromatic heterocycles. The molecule has 0 fully saturated rings. The van der Waals surface area contributed by atoms with E-state index in [0.29, 0.717) is 5.82 Å². The molecule has 0 saturated carbocycles. The molecule has 0 unspecified atom stereocenters. The monoisotopic (exact) mass is 280 g/mol. The first-order chi connectivity index (χ1) is 7.24. The lowest BCUT2D eigenvalue weighted by Crippen LogP contribution is -1.88. The summed E-state index contributed by atoms with van der Waals surface area (Å²) in [7, 11) is 0. The second kappa shape index (κ2) is 4.68. The molecule has 0 aliphatic carbocycles. The molecule has 2 nitrogen and oxygen atoms in total. The molecule has 1 aromatic carbocycles. The van der Waals surface area contributed by atoms with Gasteiger partial charge in [0.15, 0.2) is 0 Å². The highest BCUT2D eigenvalue weighted by molar-refractivity contribution is 9.10. The number of halogens is 1. The van der Waals surface area contributed by atoms with Gasteiger partial charge in [-0.2, -0.15) is 0 Å². The quantitative estimate of drug-likeness (QED) is 0.914. The smallest absolute Gasteiger partial charge is 0.124 e. The van der Waals surface area contributed by atoms with Gasteiger partial charge in [-0.1, -0.05) is 27.7 Å². The molecule has 0 saturated heterocycles. The van der Waals surface area contributed by atoms with Crippen molar-refractivity contribution >= 4 is 33.5 Å². The van der Waals surface area contributed by atoms with Crippen LogP contribution in [0.3, 0.4) is 0 Å². The van der Waals surface area contributed by atoms with Crippen molar-refractivity contribution in [2.24, 2.45) is 0 Å². The Morgan fingerprint density at radius 1 is 1.07 bits per heavy atom. The summed E-state index contributed by atoms with van der Waals surface area (Å²) in [5.74, 6) is 0.553. The van der Waals surface area contributed by atoms with E-state index in [-0.39, 0.29) is 0 Å². The molecule has 0 radical (unpaired) electrons. The van der Waals surface area contributed by atoms with Gasteiger partial charge in [-0.15, -0.1) is 0 Å². The molecule has 0 amide bonds. The number of benzene rings is 1. The van der Waals surface area contributed by atoms with E-state index in [4.69, 9.17) is 5.73 Å². The minimum Gasteiger partial charge on any atom is -0.384 e. The number of nitrogens with zero attached hydrogens (tertiary/aromatic N) is 1. The van der Waals surface area contributed by atoms with E-state index in [1.807, 2.05) is 24.3 Å². The average molecular weight is 281 g/mol. The third-order valence-corrected chi connectivity index (χ3v) is 3.33. The molecule has 0 atom stereocenters. The third-order valence-electron chi connectivity index (χ3n) is 1.80. The fraction of sp³-hybridized carbons (Fsp3) is 0. The molecule has 76 valence electrons. The van der Waals surface area contributed by atoms with Crippen LogP contribution in [0, 0.1) is 0 Å². The summed E-state index contributed by atoms with van der Waals surface area (Å²) >= 11 is 5.07. The Labute approximate surface area is 101 Å². The highest BCUT2D eigenvalue weighted by Crippen LogP contribution is 2.28. The molecule has 0 aliphatic rings. The Balaban J connectivity index is 2.18. The summed E-state index contributed by atoms with van der Waals surface area (Å²) < 4.78 is 1.08. The van der Waals surface area contributed by atoms with Crippen molar-refractivity contribution in [2.45, 2.75) is 9.79 Å². The Hall–Kier alpha value is -1.00. The summed E-state index contributed by atoms with van der Waals surface area (Å²) in [6.45, 7) is 0. The molecule has 4 heteroatoms. The number of hydrogen-bond donors (Lipinski definition) is 1. The van der Waals surface area contributed by atoms with Crippen LogP contribution in [0.1, 0.15) is 0 Å². The molecule has 2 aromatic rings. The summed E-state index contributed by atoms with van der Waals surface area (Å²) in [5, 5.41) is 0. The highest BCUT2D eigenvalue weighted by Gasteiger charge is 1.98. The van der Waals surface area contributed by atoms with E-state index in [2.05, 4.69) is 33.0 Å². The van der Waals surface area contributed by atoms with Gasteiger partial charge < -0.3 is 5.73 Å². The van der Waals surface area contributed by atoms with Crippen molar-refractivity contribution < 1.29 is 0 Å². The molecule has 15 heavy (non-hydrogen) atoms. The van der Waals surface area contributed by atoms with Gasteiger partial charge in [0.1, 0.15) is 5.82 Å². The Morgan fingerprint density at radius 2 is 1.80 bits per heavy atom. The van der Waals surface area contributed by atoms with Gasteiger partial charge in [0.2, 0.25) is 0 Å². The molecule has 0 spiro atoms. The Kier molecular flexibility index (Phi) is 3.28. The van der Waals surface area contributed by atoms with Crippen LogP contribution in [0.25, 0.3) is 0 Å². The number of pyridine rings is 1. The Morgan fingerprint density at radius 3 is 2.47 bits per heavy atom. The predicted molar refractivity (Wildman–Crippen MR) is 66.9 cm³/mol. The van der Waals surface area contributed by atoms with Crippen LogP contribution in [0.5, 0.6) is 0 Å². The van der Waals surface area contributed by atoms with E-state index in [1.54, 1.807) is 18.0 Å². The van der Waals surface area contributed by atoms with E-state index >= 15 is 0 Å². The van der Waals surface area contributed by atoms with Crippen molar-refractivity contribution in [3.8, 4) is 0 Å². The van der Waals surface area contributed by atoms with Gasteiger partial charge >= 0.3 is 0 Å². The van der Waals surface area contributed by atoms with Gasteiger partial charge in [-0.05, 0) is 36.4 Å². The molecule has 2 N–H and O–H groups in total. The zero-order valence-electron chi connectivity index (χ0n) is 7.85. The fourth-order valence-corrected chi connectivity index (χ4v) is 2.25. The summed E-state index contributed by atoms with van der Waals surface area (Å²) in [5.41, 5.74) is 5.60. The first kappa shape index (κ1) is 10.5. The minimum absolute atomic E-state index is 0.553. The van der Waals surface area contributed by atoms with Crippen LogP contribution in [-0.2, 0) is 0 Å². The molecule has 0 aliphatic heterocycles. The van der Waals surface area contributed by atoms with E-state index in [0.717, 1.165) is 9.37 Å². The zero-order chi connectivity index (χ0) is 10.7. The number of nitrogens with two attached hydrogens (primary N) is 1. The fourth-order valence-electron chi connectivity index (χ4n) is 1.13. The molecule has 1 heterocycles. The number of nitrogen functional groups attached to an aromatic ring is 1. The second-order valence-corrected chi connectivity index (χ2v) is 5.04. The normalized spacial score (nSPS) is 10.2. The maximum absolute atomic E-state index is 5.60. The molecular weight excluding hydrogens is 272 g/mol. The number of hydrogen-bond acceptors (Lipinski definition) is 3. The van der Waals surface area contributed by atoms with Crippen LogP contribution < -0.4 is 5.73 Å². The lowest BCUT2D eigenvalue weighted by molar-refractivity contribution is 1.27. The van der Waals surface area contributed by atoms with Crippen LogP contribution in [0.4, 0.5) is 5.82 Å². The average Bonchev–Trinajstić information content (AvgIpc) is 2.22. The lowest BCUT2D eigenvalue weighted by atomic mass is 10.4. The summed E-state index contributed by atoms with van der Waals surface area (Å²) in [4.78, 5) is 6.24. The zero-order valence-corrected chi connectivity index (χ0v) is 10.3. The number of aromatic nitrogens is 1. The lowest BCUT2D eigenvalue weighted by Gasteiger charge is -2.01. The van der Waals surface area contributed by atoms with Gasteiger partial charge in [0.05, 0.1) is 0 Å². The number of rotatable bonds is 2. The topological polar surface area (TPSA) is 38.9 Å². The minimum atomic E-state index is 0.553. The summed E-state index contributed by atoms with van der Waals surface area (Å²) in [6, 6.07) is 12.0. The van der Waals surface area contributed by atoms with Crippen LogP contribution in [0.2, 0.25) is 0 Å². The van der Waals surface area contributed by atoms with E-state index < -0.39 is 0 Å². The van der Waals surface area contributed by atoms with E-state index in [1.165, 1.54) is 4.90 Å². The molecular formula is C11H9BrN2S. The van der Waals surface area contributed by atoms with Gasteiger partial charge in [0.25, 0.3) is 0 Å². The van der Waals surface area contributed by atoms with E-state index in [9.17, 15) is 0 Å². The largest absolute Gasteiger partial charge is 0.384 e. The van der Waals surface area contributed by atoms with Crippen LogP contribution in [0.15, 0.2) is 56.9 Å². The van der Waals surface area contributed by atoms with Crippen molar-refractivity contribution in [2.75, 3.05) is 5.73 Å².